The Balaban J connectivity index is 3.03. The first-order chi connectivity index (χ1) is 9.22. The van der Waals surface area contributed by atoms with Crippen LogP contribution in [0.1, 0.15) is 13.8 Å². The van der Waals surface area contributed by atoms with Crippen molar-refractivity contribution in [3.8, 4) is 0 Å². The van der Waals surface area contributed by atoms with E-state index in [4.69, 9.17) is 5.73 Å². The molecule has 0 heterocycles. The van der Waals surface area contributed by atoms with E-state index in [1.807, 2.05) is 5.32 Å². The zero-order valence-electron chi connectivity index (χ0n) is 10.7. The molecule has 0 spiro atoms. The Kier molecular flexibility index (Phi) is 5.43. The van der Waals surface area contributed by atoms with Gasteiger partial charge in [-0.1, -0.05) is 13.8 Å². The smallest absolute Gasteiger partial charge is 0.318 e. The van der Waals surface area contributed by atoms with Gasteiger partial charge in [0.05, 0.1) is 10.1 Å². The summed E-state index contributed by atoms with van der Waals surface area (Å²) in [7, 11) is 0. The number of hydrogen-bond donors (Lipinski definition) is 2. The highest BCUT2D eigenvalue weighted by atomic mass is 32.2. The third-order valence-electron chi connectivity index (χ3n) is 2.32. The van der Waals surface area contributed by atoms with Gasteiger partial charge in [-0.3, -0.25) is 10.1 Å². The maximum Gasteiger partial charge on any atom is 0.318 e. The Hall–Kier alpha value is -1.70. The molecule has 1 atom stereocenters. The van der Waals surface area contributed by atoms with Crippen LogP contribution in [0, 0.1) is 23.4 Å². The Morgan fingerprint density at radius 1 is 1.20 bits per heavy atom. The van der Waals surface area contributed by atoms with Crippen LogP contribution in [0.3, 0.4) is 0 Å². The average molecular weight is 306 g/mol. The third kappa shape index (κ3) is 4.16. The minimum absolute atomic E-state index is 0.330. The van der Waals surface area contributed by atoms with E-state index in [9.17, 15) is 22.8 Å². The van der Waals surface area contributed by atoms with Crippen LogP contribution in [0.25, 0.3) is 0 Å². The summed E-state index contributed by atoms with van der Waals surface area (Å²) in [6.45, 7) is 3.27. The van der Waals surface area contributed by atoms with Crippen molar-refractivity contribution in [1.29, 1.82) is 0 Å². The number of thioether (sulfide) groups is 1. The van der Waals surface area contributed by atoms with Gasteiger partial charge < -0.3 is 5.73 Å². The highest BCUT2D eigenvalue weighted by Gasteiger charge is 2.27. The number of amides is 3. The van der Waals surface area contributed by atoms with Gasteiger partial charge in [-0.15, -0.1) is 11.8 Å². The van der Waals surface area contributed by atoms with Gasteiger partial charge in [0.25, 0.3) is 0 Å². The van der Waals surface area contributed by atoms with Gasteiger partial charge in [-0.2, -0.15) is 0 Å². The molecule has 3 N–H and O–H groups in total. The predicted octanol–water partition coefficient (Wildman–Crippen LogP) is 2.42. The molecular weight excluding hydrogens is 293 g/mol. The van der Waals surface area contributed by atoms with E-state index < -0.39 is 39.5 Å². The highest BCUT2D eigenvalue weighted by Crippen LogP contribution is 2.32. The predicted molar refractivity (Wildman–Crippen MR) is 68.5 cm³/mol. The van der Waals surface area contributed by atoms with E-state index in [2.05, 4.69) is 0 Å². The van der Waals surface area contributed by atoms with Gasteiger partial charge in [-0.25, -0.2) is 18.0 Å². The van der Waals surface area contributed by atoms with Crippen molar-refractivity contribution in [2.45, 2.75) is 24.0 Å². The van der Waals surface area contributed by atoms with E-state index in [1.54, 1.807) is 13.8 Å². The van der Waals surface area contributed by atoms with Gasteiger partial charge in [0.15, 0.2) is 0 Å². The van der Waals surface area contributed by atoms with Crippen molar-refractivity contribution >= 4 is 23.7 Å². The van der Waals surface area contributed by atoms with Crippen LogP contribution in [0.2, 0.25) is 0 Å². The molecule has 1 aromatic rings. The van der Waals surface area contributed by atoms with Gasteiger partial charge in [0.2, 0.25) is 5.91 Å². The lowest BCUT2D eigenvalue weighted by molar-refractivity contribution is -0.120. The monoisotopic (exact) mass is 306 g/mol. The summed E-state index contributed by atoms with van der Waals surface area (Å²) in [5.74, 6) is -4.36. The molecule has 0 radical (unpaired) electrons. The van der Waals surface area contributed by atoms with Crippen molar-refractivity contribution in [3.05, 3.63) is 29.6 Å². The van der Waals surface area contributed by atoms with Gasteiger partial charge in [0, 0.05) is 12.1 Å². The van der Waals surface area contributed by atoms with Crippen molar-refractivity contribution < 1.29 is 22.8 Å². The largest absolute Gasteiger partial charge is 0.351 e. The van der Waals surface area contributed by atoms with Crippen molar-refractivity contribution in [2.24, 2.45) is 11.7 Å². The second-order valence-corrected chi connectivity index (χ2v) is 5.49. The van der Waals surface area contributed by atoms with Gasteiger partial charge in [0.1, 0.15) is 17.5 Å². The maximum absolute atomic E-state index is 13.5. The summed E-state index contributed by atoms with van der Waals surface area (Å²) in [6, 6.07) is -0.00913. The number of carbonyl (C=O) groups excluding carboxylic acids is 2. The van der Waals surface area contributed by atoms with E-state index in [1.165, 1.54) is 0 Å². The lowest BCUT2D eigenvalue weighted by Gasteiger charge is -2.19. The molecule has 0 aliphatic carbocycles. The Morgan fingerprint density at radius 3 is 2.10 bits per heavy atom. The summed E-state index contributed by atoms with van der Waals surface area (Å²) >= 11 is 0.572. The Labute approximate surface area is 117 Å². The maximum atomic E-state index is 13.5. The molecule has 0 bridgehead atoms. The van der Waals surface area contributed by atoms with E-state index in [0.29, 0.717) is 23.9 Å². The molecule has 1 aromatic carbocycles. The second-order valence-electron chi connectivity index (χ2n) is 4.33. The molecule has 20 heavy (non-hydrogen) atoms. The van der Waals surface area contributed by atoms with Crippen molar-refractivity contribution in [2.75, 3.05) is 0 Å². The zero-order chi connectivity index (χ0) is 15.4. The van der Waals surface area contributed by atoms with Gasteiger partial charge >= 0.3 is 6.03 Å². The number of rotatable bonds is 4. The Morgan fingerprint density at radius 2 is 1.70 bits per heavy atom. The standard InChI is InChI=1S/C12H13F3N2O2S/c1-5(2)9(11(18)17-12(16)19)20-10-7(14)3-6(13)4-8(10)15/h3-5,9H,1-2H3,(H3,16,17,18,19). The first-order valence-electron chi connectivity index (χ1n) is 5.64. The fraction of sp³-hybridized carbons (Fsp3) is 0.333. The molecule has 0 aromatic heterocycles. The quantitative estimate of drug-likeness (QED) is 0.839. The van der Waals surface area contributed by atoms with Crippen molar-refractivity contribution in [3.63, 3.8) is 0 Å². The summed E-state index contributed by atoms with van der Waals surface area (Å²) in [5.41, 5.74) is 4.83. The number of carbonyl (C=O) groups is 2. The average Bonchev–Trinajstić information content (AvgIpc) is 2.25. The summed E-state index contributed by atoms with van der Waals surface area (Å²) in [4.78, 5) is 21.9. The molecule has 3 amide bonds. The number of nitrogens with one attached hydrogen (secondary N) is 1. The number of urea groups is 1. The molecule has 4 nitrogen and oxygen atoms in total. The summed E-state index contributed by atoms with van der Waals surface area (Å²) < 4.78 is 39.9. The molecule has 0 aliphatic heterocycles. The van der Waals surface area contributed by atoms with Crippen LogP contribution in [-0.4, -0.2) is 17.2 Å². The highest BCUT2D eigenvalue weighted by molar-refractivity contribution is 8.00. The molecule has 0 fully saturated rings. The third-order valence-corrected chi connectivity index (χ3v) is 3.96. The number of hydrogen-bond acceptors (Lipinski definition) is 3. The van der Waals surface area contributed by atoms with Crippen molar-refractivity contribution in [1.82, 2.24) is 5.32 Å². The molecule has 0 saturated heterocycles. The normalized spacial score (nSPS) is 12.3. The van der Waals surface area contributed by atoms with Crippen LogP contribution in [0.4, 0.5) is 18.0 Å². The number of nitrogens with two attached hydrogens (primary N) is 1. The Bertz CT molecular complexity index is 514. The topological polar surface area (TPSA) is 72.2 Å². The first-order valence-corrected chi connectivity index (χ1v) is 6.51. The van der Waals surface area contributed by atoms with Crippen LogP contribution < -0.4 is 11.1 Å². The number of imide groups is 1. The molecule has 0 aliphatic rings. The zero-order valence-corrected chi connectivity index (χ0v) is 11.6. The lowest BCUT2D eigenvalue weighted by atomic mass is 10.1. The van der Waals surface area contributed by atoms with Crippen LogP contribution in [-0.2, 0) is 4.79 Å². The van der Waals surface area contributed by atoms with E-state index in [-0.39, 0.29) is 5.92 Å². The minimum atomic E-state index is -1.11. The van der Waals surface area contributed by atoms with E-state index >= 15 is 0 Å². The molecule has 0 saturated carbocycles. The molecular formula is C12H13F3N2O2S. The lowest BCUT2D eigenvalue weighted by Crippen LogP contribution is -2.42. The summed E-state index contributed by atoms with van der Waals surface area (Å²) in [5, 5.41) is 0.908. The molecule has 1 unspecified atom stereocenters. The fourth-order valence-corrected chi connectivity index (χ4v) is 2.49. The van der Waals surface area contributed by atoms with Gasteiger partial charge in [-0.05, 0) is 5.92 Å². The molecule has 8 heteroatoms. The number of primary amides is 1. The molecule has 1 rings (SSSR count). The van der Waals surface area contributed by atoms with Crippen LogP contribution >= 0.6 is 11.8 Å². The van der Waals surface area contributed by atoms with Crippen LogP contribution in [0.5, 0.6) is 0 Å². The minimum Gasteiger partial charge on any atom is -0.351 e. The number of halogens is 3. The second kappa shape index (κ2) is 6.65. The van der Waals surface area contributed by atoms with E-state index in [0.717, 1.165) is 0 Å². The SMILES string of the molecule is CC(C)C(Sc1c(F)cc(F)cc1F)C(=O)NC(N)=O. The first kappa shape index (κ1) is 16.4. The fourth-order valence-electron chi connectivity index (χ4n) is 1.45. The summed E-state index contributed by atoms with van der Waals surface area (Å²) in [6.07, 6.45) is 0. The molecule has 110 valence electrons. The number of benzene rings is 1. The van der Waals surface area contributed by atoms with Crippen LogP contribution in [0.15, 0.2) is 17.0 Å².